The monoisotopic (exact) mass is 169 g/mol. The molecule has 2 fully saturated rings. The molecule has 0 N–H and O–H groups in total. The van der Waals surface area contributed by atoms with E-state index in [1.54, 1.807) is 0 Å². The highest BCUT2D eigenvalue weighted by atomic mass is 16.5. The van der Waals surface area contributed by atoms with E-state index < -0.39 is 0 Å². The van der Waals surface area contributed by atoms with Gasteiger partial charge in [-0.05, 0) is 25.3 Å². The second-order valence-electron chi connectivity index (χ2n) is 4.52. The molecule has 0 radical (unpaired) electrons. The van der Waals surface area contributed by atoms with Crippen LogP contribution in [0.25, 0.3) is 0 Å². The first-order chi connectivity index (χ1) is 5.75. The molecule has 2 nitrogen and oxygen atoms in total. The Morgan fingerprint density at radius 3 is 2.83 bits per heavy atom. The summed E-state index contributed by atoms with van der Waals surface area (Å²) in [6.45, 7) is 8.05. The van der Waals surface area contributed by atoms with Crippen molar-refractivity contribution in [3.05, 3.63) is 0 Å². The van der Waals surface area contributed by atoms with Gasteiger partial charge in [0.05, 0.1) is 12.7 Å². The van der Waals surface area contributed by atoms with Gasteiger partial charge < -0.3 is 4.74 Å². The van der Waals surface area contributed by atoms with E-state index in [2.05, 4.69) is 18.7 Å². The maximum Gasteiger partial charge on any atom is 0.0718 e. The molecule has 0 aromatic rings. The number of hydrogen-bond donors (Lipinski definition) is 0. The van der Waals surface area contributed by atoms with E-state index in [4.69, 9.17) is 4.74 Å². The summed E-state index contributed by atoms with van der Waals surface area (Å²) >= 11 is 0. The summed E-state index contributed by atoms with van der Waals surface area (Å²) in [6, 6.07) is 0.758. The number of fused-ring (bicyclic) bond motifs is 2. The minimum Gasteiger partial charge on any atom is -0.375 e. The summed E-state index contributed by atoms with van der Waals surface area (Å²) in [5.41, 5.74) is 0. The second-order valence-corrected chi connectivity index (χ2v) is 4.52. The fourth-order valence-corrected chi connectivity index (χ4v) is 2.18. The Bertz CT molecular complexity index is 158. The molecule has 2 atom stereocenters. The van der Waals surface area contributed by atoms with Gasteiger partial charge in [-0.1, -0.05) is 13.8 Å². The van der Waals surface area contributed by atoms with E-state index in [1.807, 2.05) is 0 Å². The predicted octanol–water partition coefficient (Wildman–Crippen LogP) is 1.51. The Morgan fingerprint density at radius 2 is 2.33 bits per heavy atom. The zero-order valence-electron chi connectivity index (χ0n) is 8.12. The second kappa shape index (κ2) is 3.35. The van der Waals surface area contributed by atoms with Crippen molar-refractivity contribution in [2.75, 3.05) is 19.7 Å². The summed E-state index contributed by atoms with van der Waals surface area (Å²) in [6.07, 6.45) is 3.20. The van der Waals surface area contributed by atoms with Gasteiger partial charge in [-0.3, -0.25) is 4.90 Å². The molecule has 0 aromatic heterocycles. The average Bonchev–Trinajstić information content (AvgIpc) is 2.60. The highest BCUT2D eigenvalue weighted by molar-refractivity contribution is 4.91. The Balaban J connectivity index is 1.76. The van der Waals surface area contributed by atoms with Crippen molar-refractivity contribution in [1.82, 2.24) is 4.90 Å². The smallest absolute Gasteiger partial charge is 0.0718 e. The van der Waals surface area contributed by atoms with E-state index in [1.165, 1.54) is 25.9 Å². The fraction of sp³-hybridized carbons (Fsp3) is 1.00. The Kier molecular flexibility index (Phi) is 2.37. The zero-order chi connectivity index (χ0) is 8.55. The fourth-order valence-electron chi connectivity index (χ4n) is 2.18. The molecule has 2 heterocycles. The molecule has 2 aliphatic rings. The highest BCUT2D eigenvalue weighted by Crippen LogP contribution is 2.27. The van der Waals surface area contributed by atoms with Crippen LogP contribution in [0.4, 0.5) is 0 Å². The number of hydrogen-bond acceptors (Lipinski definition) is 2. The summed E-state index contributed by atoms with van der Waals surface area (Å²) in [7, 11) is 0. The number of likely N-dealkylation sites (tertiary alicyclic amines) is 1. The summed E-state index contributed by atoms with van der Waals surface area (Å²) < 4.78 is 5.55. The molecule has 2 heteroatoms. The van der Waals surface area contributed by atoms with Crippen LogP contribution in [0.3, 0.4) is 0 Å². The Hall–Kier alpha value is -0.0800. The highest BCUT2D eigenvalue weighted by Gasteiger charge is 2.38. The van der Waals surface area contributed by atoms with E-state index in [0.717, 1.165) is 18.6 Å². The molecule has 2 rings (SSSR count). The summed E-state index contributed by atoms with van der Waals surface area (Å²) in [4.78, 5) is 2.61. The average molecular weight is 169 g/mol. The minimum atomic E-state index is 0.571. The predicted molar refractivity (Wildman–Crippen MR) is 49.2 cm³/mol. The van der Waals surface area contributed by atoms with Gasteiger partial charge in [0.2, 0.25) is 0 Å². The lowest BCUT2D eigenvalue weighted by atomic mass is 10.1. The topological polar surface area (TPSA) is 12.5 Å². The molecular formula is C10H19NO. The van der Waals surface area contributed by atoms with Crippen LogP contribution in [0.15, 0.2) is 0 Å². The number of rotatable bonds is 3. The first kappa shape index (κ1) is 8.52. The van der Waals surface area contributed by atoms with Gasteiger partial charge in [0.1, 0.15) is 0 Å². The molecule has 2 bridgehead atoms. The quantitative estimate of drug-likeness (QED) is 0.635. The van der Waals surface area contributed by atoms with Gasteiger partial charge in [-0.15, -0.1) is 0 Å². The molecule has 0 amide bonds. The van der Waals surface area contributed by atoms with Crippen molar-refractivity contribution in [3.63, 3.8) is 0 Å². The van der Waals surface area contributed by atoms with Crippen LogP contribution < -0.4 is 0 Å². The first-order valence-corrected chi connectivity index (χ1v) is 5.11. The van der Waals surface area contributed by atoms with Crippen LogP contribution in [0.1, 0.15) is 26.7 Å². The van der Waals surface area contributed by atoms with Crippen molar-refractivity contribution in [1.29, 1.82) is 0 Å². The molecule has 2 unspecified atom stereocenters. The molecule has 0 saturated carbocycles. The van der Waals surface area contributed by atoms with Gasteiger partial charge >= 0.3 is 0 Å². The molecule has 0 spiro atoms. The van der Waals surface area contributed by atoms with Crippen molar-refractivity contribution in [2.24, 2.45) is 5.92 Å². The third-order valence-corrected chi connectivity index (χ3v) is 3.01. The van der Waals surface area contributed by atoms with Crippen LogP contribution in [0, 0.1) is 5.92 Å². The minimum absolute atomic E-state index is 0.571. The van der Waals surface area contributed by atoms with Crippen molar-refractivity contribution in [3.8, 4) is 0 Å². The van der Waals surface area contributed by atoms with Crippen molar-refractivity contribution < 1.29 is 4.74 Å². The SMILES string of the molecule is CC(C)CCN1CC2CC1CO2. The maximum atomic E-state index is 5.55. The van der Waals surface area contributed by atoms with E-state index >= 15 is 0 Å². The lowest BCUT2D eigenvalue weighted by Gasteiger charge is -2.27. The zero-order valence-corrected chi connectivity index (χ0v) is 8.12. The standard InChI is InChI=1S/C10H19NO/c1-8(2)3-4-11-6-10-5-9(11)7-12-10/h8-10H,3-7H2,1-2H3. The number of ether oxygens (including phenoxy) is 1. The van der Waals surface area contributed by atoms with Crippen LogP contribution in [0.2, 0.25) is 0 Å². The number of morpholine rings is 1. The molecular weight excluding hydrogens is 150 g/mol. The van der Waals surface area contributed by atoms with Crippen LogP contribution in [0.5, 0.6) is 0 Å². The summed E-state index contributed by atoms with van der Waals surface area (Å²) in [5.74, 6) is 0.838. The van der Waals surface area contributed by atoms with Gasteiger partial charge in [-0.2, -0.15) is 0 Å². The van der Waals surface area contributed by atoms with Gasteiger partial charge in [0.25, 0.3) is 0 Å². The van der Waals surface area contributed by atoms with Crippen LogP contribution in [-0.2, 0) is 4.74 Å². The van der Waals surface area contributed by atoms with Crippen molar-refractivity contribution in [2.45, 2.75) is 38.8 Å². The van der Waals surface area contributed by atoms with Crippen LogP contribution >= 0.6 is 0 Å². The van der Waals surface area contributed by atoms with Gasteiger partial charge in [0.15, 0.2) is 0 Å². The van der Waals surface area contributed by atoms with E-state index in [0.29, 0.717) is 6.10 Å². The molecule has 70 valence electrons. The molecule has 2 aliphatic heterocycles. The molecule has 2 saturated heterocycles. The first-order valence-electron chi connectivity index (χ1n) is 5.11. The Morgan fingerprint density at radius 1 is 1.50 bits per heavy atom. The lowest BCUT2D eigenvalue weighted by molar-refractivity contribution is 0.0290. The Labute approximate surface area is 74.9 Å². The van der Waals surface area contributed by atoms with Crippen LogP contribution in [-0.4, -0.2) is 36.7 Å². The molecule has 0 aliphatic carbocycles. The van der Waals surface area contributed by atoms with Gasteiger partial charge in [0, 0.05) is 12.6 Å². The maximum absolute atomic E-state index is 5.55. The largest absolute Gasteiger partial charge is 0.375 e. The molecule has 12 heavy (non-hydrogen) atoms. The normalized spacial score (nSPS) is 35.2. The third-order valence-electron chi connectivity index (χ3n) is 3.01. The van der Waals surface area contributed by atoms with Crippen molar-refractivity contribution >= 4 is 0 Å². The summed E-state index contributed by atoms with van der Waals surface area (Å²) in [5, 5.41) is 0. The molecule has 0 aromatic carbocycles. The lowest BCUT2D eigenvalue weighted by Crippen LogP contribution is -2.37. The third kappa shape index (κ3) is 1.64. The number of nitrogens with zero attached hydrogens (tertiary/aromatic N) is 1. The van der Waals surface area contributed by atoms with E-state index in [9.17, 15) is 0 Å². The van der Waals surface area contributed by atoms with Gasteiger partial charge in [-0.25, -0.2) is 0 Å². The van der Waals surface area contributed by atoms with E-state index in [-0.39, 0.29) is 0 Å².